The highest BCUT2D eigenvalue weighted by Crippen LogP contribution is 2.32. The Bertz CT molecular complexity index is 1030. The average Bonchev–Trinajstić information content (AvgIpc) is 2.96. The van der Waals surface area contributed by atoms with Crippen molar-refractivity contribution in [3.8, 4) is 0 Å². The van der Waals surface area contributed by atoms with Crippen LogP contribution in [0.5, 0.6) is 0 Å². The molecule has 0 aromatic carbocycles. The highest BCUT2D eigenvalue weighted by molar-refractivity contribution is 7.20. The van der Waals surface area contributed by atoms with E-state index in [9.17, 15) is 14.4 Å². The van der Waals surface area contributed by atoms with Gasteiger partial charge in [0.2, 0.25) is 5.91 Å². The molecule has 1 unspecified atom stereocenters. The van der Waals surface area contributed by atoms with Crippen LogP contribution in [-0.4, -0.2) is 22.0 Å². The molecule has 0 spiro atoms. The van der Waals surface area contributed by atoms with Crippen molar-refractivity contribution in [3.63, 3.8) is 0 Å². The Morgan fingerprint density at radius 3 is 2.80 bits per heavy atom. The summed E-state index contributed by atoms with van der Waals surface area (Å²) in [5.41, 5.74) is 0.175. The summed E-state index contributed by atoms with van der Waals surface area (Å²) < 4.78 is 1.56. The van der Waals surface area contributed by atoms with Crippen molar-refractivity contribution >= 4 is 44.6 Å². The second kappa shape index (κ2) is 6.85. The Morgan fingerprint density at radius 2 is 2.16 bits per heavy atom. The third-order valence-corrected chi connectivity index (χ3v) is 5.39. The fourth-order valence-electron chi connectivity index (χ4n) is 2.90. The van der Waals surface area contributed by atoms with E-state index in [-0.39, 0.29) is 12.3 Å². The number of H-pyrrole nitrogens is 1. The Hall–Kier alpha value is -2.38. The molecule has 1 fully saturated rings. The number of carbonyl (C=O) groups is 1. The third kappa shape index (κ3) is 3.25. The van der Waals surface area contributed by atoms with Crippen molar-refractivity contribution < 1.29 is 4.79 Å². The topological polar surface area (TPSA) is 84.0 Å². The number of hydrogen-bond acceptors (Lipinski definition) is 4. The molecule has 8 heteroatoms. The van der Waals surface area contributed by atoms with E-state index in [4.69, 9.17) is 11.6 Å². The number of piperidine rings is 1. The molecule has 0 bridgehead atoms. The second-order valence-electron chi connectivity index (χ2n) is 5.68. The molecule has 3 heterocycles. The molecule has 2 aromatic rings. The number of allylic oxidation sites excluding steroid dienone is 4. The zero-order chi connectivity index (χ0) is 18.1. The number of rotatable bonds is 4. The first-order valence-corrected chi connectivity index (χ1v) is 8.84. The molecule has 2 N–H and O–H groups in total. The fraction of sp³-hybridized carbons (Fsp3) is 0.235. The van der Waals surface area contributed by atoms with E-state index in [1.807, 2.05) is 0 Å². The maximum Gasteiger partial charge on any atom is 0.329 e. The predicted octanol–water partition coefficient (Wildman–Crippen LogP) is 2.52. The largest absolute Gasteiger partial charge is 0.356 e. The van der Waals surface area contributed by atoms with Crippen LogP contribution in [0.2, 0.25) is 0 Å². The number of aromatic nitrogens is 2. The molecule has 1 atom stereocenters. The van der Waals surface area contributed by atoms with E-state index in [1.54, 1.807) is 18.2 Å². The summed E-state index contributed by atoms with van der Waals surface area (Å²) in [5, 5.41) is 3.02. The standard InChI is InChI=1S/C17H16ClN3O3S/c1-3-4-11(9(2)18)13-8-12-15(25-13)16(23)21(17(24)20-12)10-5-6-19-14(22)7-10/h3-4,8,10H,1-2,5-7H2,(H,19,22)(H,20,24)/b11-4+. The van der Waals surface area contributed by atoms with Crippen LogP contribution in [-0.2, 0) is 4.79 Å². The maximum absolute atomic E-state index is 12.8. The summed E-state index contributed by atoms with van der Waals surface area (Å²) in [5.74, 6) is -0.163. The molecule has 2 aromatic heterocycles. The lowest BCUT2D eigenvalue weighted by molar-refractivity contribution is -0.123. The minimum absolute atomic E-state index is 0.118. The van der Waals surface area contributed by atoms with Gasteiger partial charge >= 0.3 is 5.69 Å². The predicted molar refractivity (Wildman–Crippen MR) is 101 cm³/mol. The van der Waals surface area contributed by atoms with E-state index in [1.165, 1.54) is 11.3 Å². The van der Waals surface area contributed by atoms with Crippen LogP contribution < -0.4 is 16.6 Å². The molecule has 3 rings (SSSR count). The molecule has 25 heavy (non-hydrogen) atoms. The molecule has 130 valence electrons. The fourth-order valence-corrected chi connectivity index (χ4v) is 4.22. The monoisotopic (exact) mass is 377 g/mol. The molecule has 1 amide bonds. The summed E-state index contributed by atoms with van der Waals surface area (Å²) >= 11 is 7.24. The van der Waals surface area contributed by atoms with Crippen molar-refractivity contribution in [1.82, 2.24) is 14.9 Å². The Morgan fingerprint density at radius 1 is 1.40 bits per heavy atom. The van der Waals surface area contributed by atoms with E-state index in [0.29, 0.717) is 38.7 Å². The zero-order valence-electron chi connectivity index (χ0n) is 13.3. The molecule has 1 saturated heterocycles. The van der Waals surface area contributed by atoms with Gasteiger partial charge < -0.3 is 10.3 Å². The molecule has 0 aliphatic carbocycles. The summed E-state index contributed by atoms with van der Waals surface area (Å²) in [6, 6.07) is 1.26. The van der Waals surface area contributed by atoms with E-state index in [0.717, 1.165) is 4.57 Å². The SMILES string of the molecule is C=C/C=C(\C(=C)Cl)c1cc2[nH]c(=O)n(C3CCNC(=O)C3)c(=O)c2s1. The van der Waals surface area contributed by atoms with Crippen molar-refractivity contribution in [2.24, 2.45) is 0 Å². The highest BCUT2D eigenvalue weighted by Gasteiger charge is 2.25. The van der Waals surface area contributed by atoms with Crippen molar-refractivity contribution in [2.45, 2.75) is 18.9 Å². The number of thiophene rings is 1. The van der Waals surface area contributed by atoms with Gasteiger partial charge in [0.05, 0.1) is 11.6 Å². The van der Waals surface area contributed by atoms with Gasteiger partial charge in [0, 0.05) is 28.4 Å². The van der Waals surface area contributed by atoms with Gasteiger partial charge in [-0.3, -0.25) is 14.2 Å². The van der Waals surface area contributed by atoms with Crippen LogP contribution in [0.4, 0.5) is 0 Å². The van der Waals surface area contributed by atoms with Crippen molar-refractivity contribution in [1.29, 1.82) is 0 Å². The van der Waals surface area contributed by atoms with Gasteiger partial charge in [-0.1, -0.05) is 36.9 Å². The lowest BCUT2D eigenvalue weighted by atomic mass is 10.1. The summed E-state index contributed by atoms with van der Waals surface area (Å²) in [7, 11) is 0. The number of carbonyl (C=O) groups excluding carboxylic acids is 1. The number of halogens is 1. The zero-order valence-corrected chi connectivity index (χ0v) is 14.9. The van der Waals surface area contributed by atoms with Gasteiger partial charge in [0.1, 0.15) is 4.70 Å². The molecule has 0 radical (unpaired) electrons. The summed E-state index contributed by atoms with van der Waals surface area (Å²) in [4.78, 5) is 40.3. The van der Waals surface area contributed by atoms with Crippen LogP contribution >= 0.6 is 22.9 Å². The second-order valence-corrected chi connectivity index (χ2v) is 7.18. The lowest BCUT2D eigenvalue weighted by Gasteiger charge is -2.23. The summed E-state index contributed by atoms with van der Waals surface area (Å²) in [6.45, 7) is 7.81. The number of hydrogen-bond donors (Lipinski definition) is 2. The number of nitrogens with zero attached hydrogens (tertiary/aromatic N) is 1. The first-order valence-electron chi connectivity index (χ1n) is 7.65. The number of amides is 1. The van der Waals surface area contributed by atoms with E-state index < -0.39 is 17.3 Å². The lowest BCUT2D eigenvalue weighted by Crippen LogP contribution is -2.43. The molecular weight excluding hydrogens is 362 g/mol. The van der Waals surface area contributed by atoms with E-state index in [2.05, 4.69) is 23.5 Å². The Kier molecular flexibility index (Phi) is 4.78. The number of aromatic amines is 1. The smallest absolute Gasteiger partial charge is 0.329 e. The van der Waals surface area contributed by atoms with Crippen LogP contribution in [0.25, 0.3) is 15.8 Å². The van der Waals surface area contributed by atoms with Gasteiger partial charge in [-0.25, -0.2) is 4.79 Å². The maximum atomic E-state index is 12.8. The normalized spacial score (nSPS) is 18.2. The van der Waals surface area contributed by atoms with Crippen molar-refractivity contribution in [3.05, 3.63) is 62.1 Å². The van der Waals surface area contributed by atoms with Gasteiger partial charge in [0.15, 0.2) is 0 Å². The molecule has 1 aliphatic heterocycles. The van der Waals surface area contributed by atoms with Gasteiger partial charge in [0.25, 0.3) is 5.56 Å². The van der Waals surface area contributed by atoms with E-state index >= 15 is 0 Å². The quantitative estimate of drug-likeness (QED) is 0.803. The minimum atomic E-state index is -0.513. The average molecular weight is 378 g/mol. The Balaban J connectivity index is 2.17. The van der Waals surface area contributed by atoms with Gasteiger partial charge in [-0.15, -0.1) is 11.3 Å². The van der Waals surface area contributed by atoms with Crippen molar-refractivity contribution in [2.75, 3.05) is 6.54 Å². The van der Waals surface area contributed by atoms with Crippen LogP contribution in [0, 0.1) is 0 Å². The molecule has 6 nitrogen and oxygen atoms in total. The first kappa shape index (κ1) is 17.4. The minimum Gasteiger partial charge on any atom is -0.356 e. The van der Waals surface area contributed by atoms with Crippen LogP contribution in [0.1, 0.15) is 23.8 Å². The van der Waals surface area contributed by atoms with Gasteiger partial charge in [-0.05, 0) is 12.5 Å². The molecular formula is C17H16ClN3O3S. The Labute approximate surface area is 152 Å². The number of nitrogens with one attached hydrogen (secondary N) is 2. The molecule has 0 saturated carbocycles. The van der Waals surface area contributed by atoms with Gasteiger partial charge in [-0.2, -0.15) is 0 Å². The molecule has 1 aliphatic rings. The van der Waals surface area contributed by atoms with Crippen LogP contribution in [0.3, 0.4) is 0 Å². The third-order valence-electron chi connectivity index (χ3n) is 4.03. The summed E-state index contributed by atoms with van der Waals surface area (Å²) in [6.07, 6.45) is 3.93. The van der Waals surface area contributed by atoms with Crippen LogP contribution in [0.15, 0.2) is 46.0 Å². The number of fused-ring (bicyclic) bond motifs is 1. The highest BCUT2D eigenvalue weighted by atomic mass is 35.5. The first-order chi connectivity index (χ1) is 11.9.